The highest BCUT2D eigenvalue weighted by molar-refractivity contribution is 7.80. The molecule has 170 valence electrons. The van der Waals surface area contributed by atoms with Crippen LogP contribution < -0.4 is 5.32 Å². The molecule has 2 N–H and O–H groups in total. The first kappa shape index (κ1) is 22.1. The summed E-state index contributed by atoms with van der Waals surface area (Å²) in [6.45, 7) is 0.549. The molecule has 1 aromatic carbocycles. The maximum absolute atomic E-state index is 11.4. The largest absolute Gasteiger partial charge is 0.478 e. The highest BCUT2D eigenvalue weighted by Crippen LogP contribution is 2.42. The van der Waals surface area contributed by atoms with E-state index in [-0.39, 0.29) is 17.6 Å². The van der Waals surface area contributed by atoms with Gasteiger partial charge >= 0.3 is 5.97 Å². The summed E-state index contributed by atoms with van der Waals surface area (Å²) in [5, 5.41) is 13.8. The number of carbonyl (C=O) groups is 1. The molecule has 0 aliphatic carbocycles. The first-order valence-corrected chi connectivity index (χ1v) is 11.3. The van der Waals surface area contributed by atoms with Gasteiger partial charge in [0.2, 0.25) is 0 Å². The van der Waals surface area contributed by atoms with Gasteiger partial charge in [-0.25, -0.2) is 4.79 Å². The summed E-state index contributed by atoms with van der Waals surface area (Å²) in [7, 11) is 0. The van der Waals surface area contributed by atoms with Gasteiger partial charge in [0.15, 0.2) is 5.11 Å². The van der Waals surface area contributed by atoms with Crippen LogP contribution >= 0.6 is 23.8 Å². The average Bonchev–Trinajstić information content (AvgIpc) is 3.45. The van der Waals surface area contributed by atoms with E-state index in [0.29, 0.717) is 33.8 Å². The molecule has 0 bridgehead atoms. The van der Waals surface area contributed by atoms with Gasteiger partial charge in [-0.2, -0.15) is 0 Å². The highest BCUT2D eigenvalue weighted by atomic mass is 35.5. The highest BCUT2D eigenvalue weighted by Gasteiger charge is 2.41. The van der Waals surface area contributed by atoms with Gasteiger partial charge in [0.1, 0.15) is 17.6 Å². The van der Waals surface area contributed by atoms with E-state index in [1.54, 1.807) is 30.7 Å². The van der Waals surface area contributed by atoms with Crippen molar-refractivity contribution in [1.29, 1.82) is 0 Å². The number of carboxylic acid groups (broad SMARTS) is 1. The minimum Gasteiger partial charge on any atom is -0.478 e. The zero-order valence-corrected chi connectivity index (χ0v) is 19.3. The van der Waals surface area contributed by atoms with Crippen molar-refractivity contribution in [2.75, 3.05) is 0 Å². The Morgan fingerprint density at radius 2 is 1.94 bits per heavy atom. The van der Waals surface area contributed by atoms with Crippen LogP contribution in [-0.2, 0) is 6.54 Å². The van der Waals surface area contributed by atoms with E-state index in [2.05, 4.69) is 20.2 Å². The Bertz CT molecular complexity index is 1350. The lowest BCUT2D eigenvalue weighted by molar-refractivity contribution is 0.0697. The predicted molar refractivity (Wildman–Crippen MR) is 131 cm³/mol. The van der Waals surface area contributed by atoms with Gasteiger partial charge in [0, 0.05) is 30.7 Å². The Balaban J connectivity index is 1.56. The van der Waals surface area contributed by atoms with Crippen molar-refractivity contribution in [2.45, 2.75) is 18.6 Å². The van der Waals surface area contributed by atoms with Crippen LogP contribution in [0.15, 0.2) is 83.7 Å². The van der Waals surface area contributed by atoms with Gasteiger partial charge in [0.25, 0.3) is 0 Å². The monoisotopic (exact) mass is 490 g/mol. The summed E-state index contributed by atoms with van der Waals surface area (Å²) in [6, 6.07) is 17.3. The van der Waals surface area contributed by atoms with Crippen molar-refractivity contribution in [2.24, 2.45) is 0 Å². The van der Waals surface area contributed by atoms with E-state index in [1.165, 1.54) is 12.1 Å². The molecule has 1 aliphatic rings. The van der Waals surface area contributed by atoms with Crippen LogP contribution in [0, 0.1) is 0 Å². The second-order valence-electron chi connectivity index (χ2n) is 7.81. The summed E-state index contributed by atoms with van der Waals surface area (Å²) < 4.78 is 6.28. The van der Waals surface area contributed by atoms with Gasteiger partial charge in [-0.05, 0) is 72.4 Å². The van der Waals surface area contributed by atoms with E-state index >= 15 is 0 Å². The molecule has 34 heavy (non-hydrogen) atoms. The molecule has 1 saturated heterocycles. The zero-order valence-electron chi connectivity index (χ0n) is 17.8. The Kier molecular flexibility index (Phi) is 6.00. The molecular weight excluding hydrogens is 472 g/mol. The summed E-state index contributed by atoms with van der Waals surface area (Å²) in [5.41, 5.74) is 2.52. The molecule has 0 saturated carbocycles. The number of rotatable bonds is 6. The summed E-state index contributed by atoms with van der Waals surface area (Å²) in [4.78, 5) is 22.1. The summed E-state index contributed by atoms with van der Waals surface area (Å²) in [5.74, 6) is 0.0992. The second-order valence-corrected chi connectivity index (χ2v) is 8.61. The number of thiocarbonyl (C=S) groups is 1. The number of furan rings is 1. The molecule has 2 atom stereocenters. The number of benzene rings is 1. The number of carboxylic acids is 1. The Hall–Kier alpha value is -3.75. The molecule has 4 aromatic rings. The van der Waals surface area contributed by atoms with Crippen LogP contribution in [0.2, 0.25) is 5.02 Å². The lowest BCUT2D eigenvalue weighted by Gasteiger charge is -2.26. The summed E-state index contributed by atoms with van der Waals surface area (Å²) >= 11 is 12.1. The van der Waals surface area contributed by atoms with Crippen LogP contribution in [-0.4, -0.2) is 31.1 Å². The molecular formula is C25H19ClN4O3S. The SMILES string of the molecule is O=C(O)c1ccc(Cl)c(-c2ccc([C@@H]3[C@@H](c4ccccn4)NC(=S)N3Cc3ccncc3)o2)c1. The molecule has 0 radical (unpaired) electrons. The van der Waals surface area contributed by atoms with Crippen LogP contribution in [0.25, 0.3) is 11.3 Å². The maximum Gasteiger partial charge on any atom is 0.335 e. The van der Waals surface area contributed by atoms with E-state index in [4.69, 9.17) is 28.2 Å². The molecule has 9 heteroatoms. The molecule has 3 aromatic heterocycles. The van der Waals surface area contributed by atoms with Crippen molar-refractivity contribution in [3.63, 3.8) is 0 Å². The van der Waals surface area contributed by atoms with E-state index in [9.17, 15) is 9.90 Å². The summed E-state index contributed by atoms with van der Waals surface area (Å²) in [6.07, 6.45) is 5.23. The topological polar surface area (TPSA) is 91.5 Å². The fraction of sp³-hybridized carbons (Fsp3) is 0.120. The molecule has 1 fully saturated rings. The fourth-order valence-electron chi connectivity index (χ4n) is 4.07. The van der Waals surface area contributed by atoms with Crippen molar-refractivity contribution in [3.05, 3.63) is 107 Å². The van der Waals surface area contributed by atoms with Crippen LogP contribution in [0.1, 0.15) is 39.5 Å². The van der Waals surface area contributed by atoms with Gasteiger partial charge in [-0.15, -0.1) is 0 Å². The number of hydrogen-bond donors (Lipinski definition) is 2. The number of nitrogens with zero attached hydrogens (tertiary/aromatic N) is 3. The van der Waals surface area contributed by atoms with E-state index in [0.717, 1.165) is 11.3 Å². The molecule has 7 nitrogen and oxygen atoms in total. The minimum atomic E-state index is -1.03. The van der Waals surface area contributed by atoms with Crippen LogP contribution in [0.4, 0.5) is 0 Å². The second kappa shape index (κ2) is 9.24. The number of halogens is 1. The number of hydrogen-bond acceptors (Lipinski definition) is 5. The number of pyridine rings is 2. The number of aromatic carboxylic acids is 1. The number of aromatic nitrogens is 2. The quantitative estimate of drug-likeness (QED) is 0.353. The average molecular weight is 491 g/mol. The normalized spacial score (nSPS) is 17.6. The van der Waals surface area contributed by atoms with Crippen LogP contribution in [0.3, 0.4) is 0 Å². The Morgan fingerprint density at radius 3 is 2.68 bits per heavy atom. The standard InChI is InChI=1S/C25H19ClN4O3S/c26-18-5-4-16(24(31)32)13-17(18)20-6-7-21(33-20)23-22(19-3-1-2-10-28-19)29-25(34)30(23)14-15-8-11-27-12-9-15/h1-13,22-23H,14H2,(H,29,34)(H,31,32)/t22-,23-/m1/s1. The Morgan fingerprint density at radius 1 is 1.12 bits per heavy atom. The Labute approximate surface area is 206 Å². The molecule has 0 spiro atoms. The third-order valence-corrected chi connectivity index (χ3v) is 6.38. The third kappa shape index (κ3) is 4.25. The minimum absolute atomic E-state index is 0.131. The van der Waals surface area contributed by atoms with E-state index in [1.807, 2.05) is 36.4 Å². The smallest absolute Gasteiger partial charge is 0.335 e. The predicted octanol–water partition coefficient (Wildman–Crippen LogP) is 5.26. The number of nitrogens with one attached hydrogen (secondary N) is 1. The van der Waals surface area contributed by atoms with Crippen molar-refractivity contribution in [1.82, 2.24) is 20.2 Å². The molecule has 4 heterocycles. The van der Waals surface area contributed by atoms with Crippen molar-refractivity contribution in [3.8, 4) is 11.3 Å². The van der Waals surface area contributed by atoms with Gasteiger partial charge < -0.3 is 19.7 Å². The first-order valence-electron chi connectivity index (χ1n) is 10.5. The maximum atomic E-state index is 11.4. The molecule has 1 aliphatic heterocycles. The molecule has 5 rings (SSSR count). The van der Waals surface area contributed by atoms with Gasteiger partial charge in [-0.1, -0.05) is 17.7 Å². The first-order chi connectivity index (χ1) is 16.5. The van der Waals surface area contributed by atoms with Crippen molar-refractivity contribution < 1.29 is 14.3 Å². The lowest BCUT2D eigenvalue weighted by Crippen LogP contribution is -2.29. The fourth-order valence-corrected chi connectivity index (χ4v) is 4.59. The zero-order chi connectivity index (χ0) is 23.7. The van der Waals surface area contributed by atoms with Crippen molar-refractivity contribution >= 4 is 34.9 Å². The lowest BCUT2D eigenvalue weighted by atomic mass is 10.0. The van der Waals surface area contributed by atoms with Gasteiger partial charge in [0.05, 0.1) is 22.3 Å². The third-order valence-electron chi connectivity index (χ3n) is 5.70. The van der Waals surface area contributed by atoms with E-state index < -0.39 is 5.97 Å². The molecule has 0 unspecified atom stereocenters. The molecule has 0 amide bonds. The van der Waals surface area contributed by atoms with Gasteiger partial charge in [-0.3, -0.25) is 9.97 Å². The van der Waals surface area contributed by atoms with Crippen LogP contribution in [0.5, 0.6) is 0 Å².